The van der Waals surface area contributed by atoms with Gasteiger partial charge < -0.3 is 5.73 Å². The lowest BCUT2D eigenvalue weighted by atomic mass is 9.78. The Labute approximate surface area is 83.1 Å². The molecule has 0 bridgehead atoms. The molecule has 1 saturated carbocycles. The van der Waals surface area contributed by atoms with E-state index in [9.17, 15) is 0 Å². The monoisotopic (exact) mass is 210 g/mol. The van der Waals surface area contributed by atoms with Crippen molar-refractivity contribution < 1.29 is 0 Å². The first-order valence-corrected chi connectivity index (χ1v) is 3.49. The molecule has 0 unspecified atom stereocenters. The molecule has 6 heteroatoms. The molecule has 1 heterocycles. The maximum absolute atomic E-state index is 5.73. The summed E-state index contributed by atoms with van der Waals surface area (Å²) in [4.78, 5) is 0. The molecule has 0 amide bonds. The molecule has 0 spiro atoms. The highest BCUT2D eigenvalue weighted by Gasteiger charge is 2.30. The molecule has 1 aromatic heterocycles. The minimum atomic E-state index is 0. The largest absolute Gasteiger partial charge is 0.327 e. The molecule has 12 heavy (non-hydrogen) atoms. The molecule has 3 N–H and O–H groups in total. The van der Waals surface area contributed by atoms with E-state index in [1.807, 2.05) is 0 Å². The lowest BCUT2D eigenvalue weighted by Gasteiger charge is -2.31. The summed E-state index contributed by atoms with van der Waals surface area (Å²) in [6.07, 6.45) is 4.04. The van der Waals surface area contributed by atoms with Gasteiger partial charge >= 0.3 is 0 Å². The lowest BCUT2D eigenvalue weighted by molar-refractivity contribution is 0.340. The summed E-state index contributed by atoms with van der Waals surface area (Å²) in [5.74, 6) is 0.457. The Balaban J connectivity index is 0.000000605. The first-order chi connectivity index (χ1) is 4.88. The van der Waals surface area contributed by atoms with Crippen LogP contribution < -0.4 is 5.73 Å². The van der Waals surface area contributed by atoms with E-state index in [4.69, 9.17) is 5.73 Å². The smallest absolute Gasteiger partial charge is 0.0870 e. The summed E-state index contributed by atoms with van der Waals surface area (Å²) >= 11 is 0. The Morgan fingerprint density at radius 1 is 1.42 bits per heavy atom. The highest BCUT2D eigenvalue weighted by molar-refractivity contribution is 5.85. The predicted molar refractivity (Wildman–Crippen MR) is 50.8 cm³/mol. The number of nitrogens with two attached hydrogens (primary N) is 1. The summed E-state index contributed by atoms with van der Waals surface area (Å²) in [6.45, 7) is 0. The van der Waals surface area contributed by atoms with Crippen LogP contribution in [0, 0.1) is 0 Å². The van der Waals surface area contributed by atoms with Crippen molar-refractivity contribution in [1.82, 2.24) is 15.4 Å². The maximum atomic E-state index is 5.73. The Kier molecular flexibility index (Phi) is 4.52. The van der Waals surface area contributed by atoms with E-state index >= 15 is 0 Å². The molecule has 1 aliphatic carbocycles. The molecule has 1 aromatic rings. The second-order valence-electron chi connectivity index (χ2n) is 2.74. The summed E-state index contributed by atoms with van der Waals surface area (Å²) in [7, 11) is 0. The molecule has 2 rings (SSSR count). The fourth-order valence-electron chi connectivity index (χ4n) is 1.28. The van der Waals surface area contributed by atoms with Gasteiger partial charge in [-0.3, -0.25) is 0 Å². The average molecular weight is 211 g/mol. The second-order valence-corrected chi connectivity index (χ2v) is 2.74. The first-order valence-electron chi connectivity index (χ1n) is 3.49. The second kappa shape index (κ2) is 4.64. The van der Waals surface area contributed by atoms with Gasteiger partial charge in [0.2, 0.25) is 0 Å². The van der Waals surface area contributed by atoms with Gasteiger partial charge in [0.05, 0.1) is 11.9 Å². The summed E-state index contributed by atoms with van der Waals surface area (Å²) < 4.78 is 0. The van der Waals surface area contributed by atoms with E-state index in [2.05, 4.69) is 15.4 Å². The standard InChI is InChI=1S/C6H10N4.2ClH/c7-5-2-1-4(5)6-3-8-10-9-6;;/h3-5H,1-2,7H2,(H,8,9,10);2*1H/t4-,5+;;/m0../s1. The third-order valence-electron chi connectivity index (χ3n) is 2.14. The van der Waals surface area contributed by atoms with Crippen molar-refractivity contribution in [3.8, 4) is 0 Å². The molecular formula is C6H12Cl2N4. The maximum Gasteiger partial charge on any atom is 0.0870 e. The van der Waals surface area contributed by atoms with Crippen molar-refractivity contribution >= 4 is 24.8 Å². The Morgan fingerprint density at radius 3 is 2.50 bits per heavy atom. The molecule has 70 valence electrons. The zero-order chi connectivity index (χ0) is 6.97. The third-order valence-corrected chi connectivity index (χ3v) is 2.14. The van der Waals surface area contributed by atoms with Gasteiger partial charge in [0, 0.05) is 12.0 Å². The fraction of sp³-hybridized carbons (Fsp3) is 0.667. The van der Waals surface area contributed by atoms with Crippen molar-refractivity contribution in [2.75, 3.05) is 0 Å². The van der Waals surface area contributed by atoms with Gasteiger partial charge in [0.15, 0.2) is 0 Å². The van der Waals surface area contributed by atoms with Gasteiger partial charge in [0.25, 0.3) is 0 Å². The molecule has 4 nitrogen and oxygen atoms in total. The number of aromatic amines is 1. The van der Waals surface area contributed by atoms with E-state index in [0.29, 0.717) is 12.0 Å². The summed E-state index contributed by atoms with van der Waals surface area (Å²) in [6, 6.07) is 0.310. The third kappa shape index (κ3) is 1.88. The number of aromatic nitrogens is 3. The number of halogens is 2. The highest BCUT2D eigenvalue weighted by Crippen LogP contribution is 2.33. The van der Waals surface area contributed by atoms with Crippen LogP contribution in [0.15, 0.2) is 6.20 Å². The van der Waals surface area contributed by atoms with Crippen LogP contribution >= 0.6 is 24.8 Å². The highest BCUT2D eigenvalue weighted by atomic mass is 35.5. The van der Waals surface area contributed by atoms with Crippen molar-refractivity contribution in [1.29, 1.82) is 0 Å². The van der Waals surface area contributed by atoms with Gasteiger partial charge in [-0.15, -0.1) is 24.8 Å². The van der Waals surface area contributed by atoms with Gasteiger partial charge in [0.1, 0.15) is 0 Å². The van der Waals surface area contributed by atoms with E-state index in [1.165, 1.54) is 0 Å². The minimum absolute atomic E-state index is 0. The van der Waals surface area contributed by atoms with Gasteiger partial charge in [-0.25, -0.2) is 0 Å². The molecule has 2 atom stereocenters. The summed E-state index contributed by atoms with van der Waals surface area (Å²) in [5, 5.41) is 10.3. The van der Waals surface area contributed by atoms with Crippen LogP contribution in [0.4, 0.5) is 0 Å². The van der Waals surface area contributed by atoms with Crippen molar-refractivity contribution in [2.24, 2.45) is 5.73 Å². The number of rotatable bonds is 1. The number of nitrogens with zero attached hydrogens (tertiary/aromatic N) is 2. The zero-order valence-corrected chi connectivity index (χ0v) is 8.07. The van der Waals surface area contributed by atoms with E-state index in [-0.39, 0.29) is 24.8 Å². The quantitative estimate of drug-likeness (QED) is 0.723. The van der Waals surface area contributed by atoms with Crippen LogP contribution in [-0.4, -0.2) is 21.5 Å². The van der Waals surface area contributed by atoms with Crippen LogP contribution in [0.1, 0.15) is 24.5 Å². The SMILES string of the molecule is Cl.Cl.N[C@@H]1CC[C@@H]1c1cn[nH]n1. The van der Waals surface area contributed by atoms with Crippen molar-refractivity contribution in [3.63, 3.8) is 0 Å². The number of H-pyrrole nitrogens is 1. The number of nitrogens with one attached hydrogen (secondary N) is 1. The molecule has 0 radical (unpaired) electrons. The van der Waals surface area contributed by atoms with E-state index in [0.717, 1.165) is 18.5 Å². The molecule has 1 fully saturated rings. The van der Waals surface area contributed by atoms with Crippen LogP contribution in [0.5, 0.6) is 0 Å². The van der Waals surface area contributed by atoms with Crippen molar-refractivity contribution in [2.45, 2.75) is 24.8 Å². The molecular weight excluding hydrogens is 199 g/mol. The van der Waals surface area contributed by atoms with Crippen LogP contribution in [0.3, 0.4) is 0 Å². The molecule has 0 aromatic carbocycles. The van der Waals surface area contributed by atoms with Crippen LogP contribution in [0.25, 0.3) is 0 Å². The first kappa shape index (κ1) is 11.7. The van der Waals surface area contributed by atoms with Crippen molar-refractivity contribution in [3.05, 3.63) is 11.9 Å². The molecule has 0 aliphatic heterocycles. The van der Waals surface area contributed by atoms with E-state index < -0.39 is 0 Å². The van der Waals surface area contributed by atoms with Crippen LogP contribution in [0.2, 0.25) is 0 Å². The topological polar surface area (TPSA) is 67.6 Å². The van der Waals surface area contributed by atoms with Gasteiger partial charge in [-0.2, -0.15) is 15.4 Å². The Hall–Kier alpha value is -0.320. The van der Waals surface area contributed by atoms with Gasteiger partial charge in [-0.1, -0.05) is 0 Å². The Bertz CT molecular complexity index is 213. The minimum Gasteiger partial charge on any atom is -0.327 e. The molecule has 1 aliphatic rings. The number of hydrogen-bond acceptors (Lipinski definition) is 3. The predicted octanol–water partition coefficient (Wildman–Crippen LogP) is 0.853. The number of hydrogen-bond donors (Lipinski definition) is 2. The zero-order valence-electron chi connectivity index (χ0n) is 6.43. The Morgan fingerprint density at radius 2 is 2.17 bits per heavy atom. The molecule has 0 saturated heterocycles. The van der Waals surface area contributed by atoms with Gasteiger partial charge in [-0.05, 0) is 12.8 Å². The fourth-order valence-corrected chi connectivity index (χ4v) is 1.28. The average Bonchev–Trinajstić information content (AvgIpc) is 2.37. The summed E-state index contributed by atoms with van der Waals surface area (Å²) in [5.41, 5.74) is 6.74. The lowest BCUT2D eigenvalue weighted by Crippen LogP contribution is -2.37. The van der Waals surface area contributed by atoms with E-state index in [1.54, 1.807) is 6.20 Å². The van der Waals surface area contributed by atoms with Crippen LogP contribution in [-0.2, 0) is 0 Å². The normalized spacial score (nSPS) is 26.4.